The van der Waals surface area contributed by atoms with Gasteiger partial charge in [0.25, 0.3) is 0 Å². The lowest BCUT2D eigenvalue weighted by Crippen LogP contribution is -2.07. The summed E-state index contributed by atoms with van der Waals surface area (Å²) >= 11 is 0. The summed E-state index contributed by atoms with van der Waals surface area (Å²) in [4.78, 5) is 15.4. The summed E-state index contributed by atoms with van der Waals surface area (Å²) in [7, 11) is 0. The molecule has 0 spiro atoms. The number of fused-ring (bicyclic) bond motifs is 1. The number of para-hydroxylation sites is 1. The quantitative estimate of drug-likeness (QED) is 0.777. The molecule has 0 saturated heterocycles. The Balaban J connectivity index is 2.17. The van der Waals surface area contributed by atoms with E-state index in [1.165, 1.54) is 6.42 Å². The highest BCUT2D eigenvalue weighted by molar-refractivity contribution is 5.93. The maximum absolute atomic E-state index is 11.3. The van der Waals surface area contributed by atoms with Crippen molar-refractivity contribution in [3.05, 3.63) is 36.0 Å². The van der Waals surface area contributed by atoms with Gasteiger partial charge in [0.2, 0.25) is 0 Å². The van der Waals surface area contributed by atoms with Crippen molar-refractivity contribution in [1.29, 1.82) is 0 Å². The van der Waals surface area contributed by atoms with Crippen LogP contribution in [0.3, 0.4) is 0 Å². The molecule has 1 N–H and O–H groups in total. The van der Waals surface area contributed by atoms with Crippen molar-refractivity contribution in [2.75, 3.05) is 6.61 Å². The fourth-order valence-corrected chi connectivity index (χ4v) is 2.07. The SMILES string of the molecule is CCCCCCOc1cc2ccccc2nc1C(=O)O. The van der Waals surface area contributed by atoms with Crippen molar-refractivity contribution in [1.82, 2.24) is 4.98 Å². The van der Waals surface area contributed by atoms with Gasteiger partial charge < -0.3 is 9.84 Å². The number of aromatic carboxylic acids is 1. The van der Waals surface area contributed by atoms with Gasteiger partial charge in [0.1, 0.15) is 0 Å². The monoisotopic (exact) mass is 273 g/mol. The molecule has 0 amide bonds. The van der Waals surface area contributed by atoms with Gasteiger partial charge in [-0.3, -0.25) is 0 Å². The summed E-state index contributed by atoms with van der Waals surface area (Å²) in [6, 6.07) is 9.19. The maximum atomic E-state index is 11.3. The van der Waals surface area contributed by atoms with Crippen LogP contribution in [-0.4, -0.2) is 22.7 Å². The van der Waals surface area contributed by atoms with E-state index in [2.05, 4.69) is 11.9 Å². The van der Waals surface area contributed by atoms with Crippen LogP contribution in [0.4, 0.5) is 0 Å². The first kappa shape index (κ1) is 14.3. The molecule has 106 valence electrons. The predicted octanol–water partition coefficient (Wildman–Crippen LogP) is 3.89. The molecule has 4 heteroatoms. The molecule has 0 fully saturated rings. The summed E-state index contributed by atoms with van der Waals surface area (Å²) < 4.78 is 5.61. The first-order valence-corrected chi connectivity index (χ1v) is 6.98. The Kier molecular flexibility index (Phi) is 4.93. The van der Waals surface area contributed by atoms with Crippen LogP contribution in [0.5, 0.6) is 5.75 Å². The number of rotatable bonds is 7. The van der Waals surface area contributed by atoms with Crippen LogP contribution < -0.4 is 4.74 Å². The van der Waals surface area contributed by atoms with E-state index in [1.807, 2.05) is 18.2 Å². The Bertz CT molecular complexity index is 595. The average Bonchev–Trinajstić information content (AvgIpc) is 2.46. The lowest BCUT2D eigenvalue weighted by molar-refractivity contribution is 0.0686. The second-order valence-corrected chi connectivity index (χ2v) is 4.74. The number of carboxylic acids is 1. The van der Waals surface area contributed by atoms with Crippen molar-refractivity contribution in [2.24, 2.45) is 0 Å². The van der Waals surface area contributed by atoms with Crippen molar-refractivity contribution in [2.45, 2.75) is 32.6 Å². The standard InChI is InChI=1S/C16H19NO3/c1-2-3-4-7-10-20-14-11-12-8-5-6-9-13(12)17-15(14)16(18)19/h5-6,8-9,11H,2-4,7,10H2,1H3,(H,18,19). The lowest BCUT2D eigenvalue weighted by atomic mass is 10.2. The fraction of sp³-hybridized carbons (Fsp3) is 0.375. The second-order valence-electron chi connectivity index (χ2n) is 4.74. The first-order chi connectivity index (χ1) is 9.72. The van der Waals surface area contributed by atoms with Crippen molar-refractivity contribution < 1.29 is 14.6 Å². The molecule has 0 radical (unpaired) electrons. The minimum atomic E-state index is -1.06. The Labute approximate surface area is 118 Å². The molecule has 2 aromatic rings. The van der Waals surface area contributed by atoms with Gasteiger partial charge in [-0.1, -0.05) is 44.4 Å². The number of nitrogens with zero attached hydrogens (tertiary/aromatic N) is 1. The molecule has 1 aromatic heterocycles. The molecule has 0 aliphatic rings. The zero-order valence-corrected chi connectivity index (χ0v) is 11.6. The van der Waals surface area contributed by atoms with E-state index in [0.717, 1.165) is 24.6 Å². The average molecular weight is 273 g/mol. The largest absolute Gasteiger partial charge is 0.491 e. The Morgan fingerprint density at radius 3 is 2.80 bits per heavy atom. The van der Waals surface area contributed by atoms with E-state index in [-0.39, 0.29) is 5.69 Å². The highest BCUT2D eigenvalue weighted by Crippen LogP contribution is 2.23. The summed E-state index contributed by atoms with van der Waals surface area (Å²) in [6.45, 7) is 2.68. The van der Waals surface area contributed by atoms with Crippen LogP contribution in [0.25, 0.3) is 10.9 Å². The number of aromatic nitrogens is 1. The molecule has 0 aliphatic carbocycles. The van der Waals surface area contributed by atoms with Crippen LogP contribution >= 0.6 is 0 Å². The van der Waals surface area contributed by atoms with Crippen molar-refractivity contribution >= 4 is 16.9 Å². The molecule has 0 unspecified atom stereocenters. The van der Waals surface area contributed by atoms with E-state index >= 15 is 0 Å². The molecular weight excluding hydrogens is 254 g/mol. The highest BCUT2D eigenvalue weighted by Gasteiger charge is 2.14. The number of pyridine rings is 1. The molecule has 1 aromatic carbocycles. The predicted molar refractivity (Wildman–Crippen MR) is 78.3 cm³/mol. The molecule has 2 rings (SSSR count). The minimum Gasteiger partial charge on any atom is -0.491 e. The van der Waals surface area contributed by atoms with Gasteiger partial charge >= 0.3 is 5.97 Å². The molecule has 0 atom stereocenters. The summed E-state index contributed by atoms with van der Waals surface area (Å²) in [5, 5.41) is 10.1. The van der Waals surface area contributed by atoms with E-state index in [4.69, 9.17) is 4.74 Å². The minimum absolute atomic E-state index is 0.0146. The zero-order chi connectivity index (χ0) is 14.4. The van der Waals surface area contributed by atoms with Gasteiger partial charge in [-0.15, -0.1) is 0 Å². The number of unbranched alkanes of at least 4 members (excludes halogenated alkanes) is 3. The van der Waals surface area contributed by atoms with Gasteiger partial charge in [-0.25, -0.2) is 9.78 Å². The van der Waals surface area contributed by atoms with E-state index in [0.29, 0.717) is 17.9 Å². The van der Waals surface area contributed by atoms with Gasteiger partial charge in [-0.05, 0) is 18.6 Å². The third-order valence-electron chi connectivity index (χ3n) is 3.15. The van der Waals surface area contributed by atoms with Crippen LogP contribution in [0.2, 0.25) is 0 Å². The van der Waals surface area contributed by atoms with Crippen LogP contribution in [-0.2, 0) is 0 Å². The van der Waals surface area contributed by atoms with Crippen LogP contribution in [0.1, 0.15) is 43.1 Å². The number of ether oxygens (including phenoxy) is 1. The zero-order valence-electron chi connectivity index (χ0n) is 11.6. The topological polar surface area (TPSA) is 59.4 Å². The smallest absolute Gasteiger partial charge is 0.358 e. The second kappa shape index (κ2) is 6.89. The van der Waals surface area contributed by atoms with Gasteiger partial charge in [0, 0.05) is 5.39 Å². The van der Waals surface area contributed by atoms with E-state index < -0.39 is 5.97 Å². The van der Waals surface area contributed by atoms with E-state index in [1.54, 1.807) is 12.1 Å². The highest BCUT2D eigenvalue weighted by atomic mass is 16.5. The Morgan fingerprint density at radius 2 is 2.05 bits per heavy atom. The molecule has 4 nitrogen and oxygen atoms in total. The number of benzene rings is 1. The number of carboxylic acid groups (broad SMARTS) is 1. The molecule has 0 bridgehead atoms. The molecule has 0 saturated carbocycles. The lowest BCUT2D eigenvalue weighted by Gasteiger charge is -2.09. The van der Waals surface area contributed by atoms with E-state index in [9.17, 15) is 9.90 Å². The van der Waals surface area contributed by atoms with Gasteiger partial charge in [-0.2, -0.15) is 0 Å². The van der Waals surface area contributed by atoms with Gasteiger partial charge in [0.05, 0.1) is 12.1 Å². The summed E-state index contributed by atoms with van der Waals surface area (Å²) in [5.41, 5.74) is 0.655. The fourth-order valence-electron chi connectivity index (χ4n) is 2.07. The third-order valence-corrected chi connectivity index (χ3v) is 3.15. The Morgan fingerprint density at radius 1 is 1.25 bits per heavy atom. The summed E-state index contributed by atoms with van der Waals surface area (Å²) in [5.74, 6) is -0.702. The van der Waals surface area contributed by atoms with Crippen LogP contribution in [0, 0.1) is 0 Å². The number of hydrogen-bond donors (Lipinski definition) is 1. The molecule has 20 heavy (non-hydrogen) atoms. The van der Waals surface area contributed by atoms with Crippen LogP contribution in [0.15, 0.2) is 30.3 Å². The molecule has 0 aliphatic heterocycles. The maximum Gasteiger partial charge on any atom is 0.358 e. The van der Waals surface area contributed by atoms with Gasteiger partial charge in [0.15, 0.2) is 11.4 Å². The third kappa shape index (κ3) is 3.47. The first-order valence-electron chi connectivity index (χ1n) is 6.98. The number of hydrogen-bond acceptors (Lipinski definition) is 3. The van der Waals surface area contributed by atoms with Crippen molar-refractivity contribution in [3.8, 4) is 5.75 Å². The summed E-state index contributed by atoms with van der Waals surface area (Å²) in [6.07, 6.45) is 4.36. The normalized spacial score (nSPS) is 10.7. The molecule has 1 heterocycles. The molecular formula is C16H19NO3. The Hall–Kier alpha value is -2.10. The van der Waals surface area contributed by atoms with Crippen molar-refractivity contribution in [3.63, 3.8) is 0 Å². The number of carbonyl (C=O) groups is 1.